The second kappa shape index (κ2) is 6.44. The standard InChI is InChI=1S/C17H9N3S2/c18-10-13-7-5-12(6-8-13)9-14(11-19)21-17-20-15-3-1-2-4-16(15)22-17/h1-9H/b14-9+. The molecule has 2 aromatic carbocycles. The Labute approximate surface area is 136 Å². The monoisotopic (exact) mass is 319 g/mol. The Bertz CT molecular complexity index is 892. The molecule has 1 heterocycles. The molecule has 1 aromatic heterocycles. The topological polar surface area (TPSA) is 60.5 Å². The minimum atomic E-state index is 0.573. The van der Waals surface area contributed by atoms with Crippen LogP contribution in [-0.4, -0.2) is 4.98 Å². The first-order valence-electron chi connectivity index (χ1n) is 6.44. The highest BCUT2D eigenvalue weighted by Crippen LogP contribution is 2.34. The molecule has 0 aliphatic carbocycles. The number of rotatable bonds is 3. The van der Waals surface area contributed by atoms with E-state index in [-0.39, 0.29) is 0 Å². The highest BCUT2D eigenvalue weighted by Gasteiger charge is 2.07. The van der Waals surface area contributed by atoms with Gasteiger partial charge in [0.1, 0.15) is 6.07 Å². The first-order chi connectivity index (χ1) is 10.8. The van der Waals surface area contributed by atoms with Crippen molar-refractivity contribution in [1.82, 2.24) is 4.98 Å². The van der Waals surface area contributed by atoms with Gasteiger partial charge in [-0.25, -0.2) is 4.98 Å². The van der Waals surface area contributed by atoms with Crippen molar-refractivity contribution in [2.75, 3.05) is 0 Å². The second-order valence-corrected chi connectivity index (χ2v) is 6.72. The molecular weight excluding hydrogens is 310 g/mol. The molecule has 0 spiro atoms. The van der Waals surface area contributed by atoms with Gasteiger partial charge in [0.25, 0.3) is 0 Å². The largest absolute Gasteiger partial charge is 0.229 e. The molecule has 0 atom stereocenters. The summed E-state index contributed by atoms with van der Waals surface area (Å²) < 4.78 is 1.96. The number of benzene rings is 2. The Hall–Kier alpha value is -2.60. The predicted octanol–water partition coefficient (Wildman–Crippen LogP) is 4.82. The van der Waals surface area contributed by atoms with Gasteiger partial charge in [-0.15, -0.1) is 11.3 Å². The number of thiazole rings is 1. The van der Waals surface area contributed by atoms with Crippen LogP contribution in [0.25, 0.3) is 16.3 Å². The Morgan fingerprint density at radius 3 is 2.55 bits per heavy atom. The van der Waals surface area contributed by atoms with Gasteiger partial charge in [0.05, 0.1) is 26.8 Å². The number of aromatic nitrogens is 1. The molecule has 0 fully saturated rings. The summed E-state index contributed by atoms with van der Waals surface area (Å²) in [5, 5.41) is 18.1. The van der Waals surface area contributed by atoms with Gasteiger partial charge in [-0.05, 0) is 47.7 Å². The Kier molecular flexibility index (Phi) is 4.20. The molecule has 0 saturated carbocycles. The van der Waals surface area contributed by atoms with Gasteiger partial charge in [0.15, 0.2) is 4.34 Å². The van der Waals surface area contributed by atoms with E-state index >= 15 is 0 Å². The fourth-order valence-electron chi connectivity index (χ4n) is 1.88. The summed E-state index contributed by atoms with van der Waals surface area (Å²) in [7, 11) is 0. The number of nitrogens with zero attached hydrogens (tertiary/aromatic N) is 3. The summed E-state index contributed by atoms with van der Waals surface area (Å²) in [6, 6.07) is 19.3. The zero-order chi connectivity index (χ0) is 15.4. The van der Waals surface area contributed by atoms with E-state index < -0.39 is 0 Å². The molecule has 3 rings (SSSR count). The van der Waals surface area contributed by atoms with Gasteiger partial charge in [0.2, 0.25) is 0 Å². The fourth-order valence-corrected chi connectivity index (χ4v) is 3.85. The van der Waals surface area contributed by atoms with E-state index in [0.29, 0.717) is 10.5 Å². The van der Waals surface area contributed by atoms with E-state index in [9.17, 15) is 5.26 Å². The van der Waals surface area contributed by atoms with Gasteiger partial charge < -0.3 is 0 Å². The van der Waals surface area contributed by atoms with Gasteiger partial charge in [0, 0.05) is 0 Å². The first-order valence-corrected chi connectivity index (χ1v) is 8.07. The van der Waals surface area contributed by atoms with E-state index in [2.05, 4.69) is 17.1 Å². The lowest BCUT2D eigenvalue weighted by Crippen LogP contribution is -1.78. The number of nitriles is 2. The molecular formula is C17H9N3S2. The van der Waals surface area contributed by atoms with E-state index in [1.807, 2.05) is 36.4 Å². The Balaban J connectivity index is 1.86. The number of para-hydroxylation sites is 1. The maximum absolute atomic E-state index is 9.31. The normalized spacial score (nSPS) is 11.1. The number of thioether (sulfide) groups is 1. The van der Waals surface area contributed by atoms with Crippen molar-refractivity contribution in [3.63, 3.8) is 0 Å². The van der Waals surface area contributed by atoms with Crippen molar-refractivity contribution < 1.29 is 0 Å². The predicted molar refractivity (Wildman–Crippen MR) is 90.2 cm³/mol. The summed E-state index contributed by atoms with van der Waals surface area (Å²) in [6.07, 6.45) is 1.80. The van der Waals surface area contributed by atoms with Crippen LogP contribution in [0.1, 0.15) is 11.1 Å². The summed E-state index contributed by atoms with van der Waals surface area (Å²) in [5.74, 6) is 0. The number of hydrogen-bond acceptors (Lipinski definition) is 5. The summed E-state index contributed by atoms with van der Waals surface area (Å²) in [6.45, 7) is 0. The van der Waals surface area contributed by atoms with Gasteiger partial charge in [-0.2, -0.15) is 10.5 Å². The molecule has 22 heavy (non-hydrogen) atoms. The van der Waals surface area contributed by atoms with Crippen LogP contribution in [0.4, 0.5) is 0 Å². The molecule has 0 aliphatic rings. The maximum Gasteiger partial charge on any atom is 0.156 e. The maximum atomic E-state index is 9.31. The molecule has 0 N–H and O–H groups in total. The highest BCUT2D eigenvalue weighted by molar-refractivity contribution is 8.05. The van der Waals surface area contributed by atoms with Crippen LogP contribution in [0.2, 0.25) is 0 Å². The first kappa shape index (κ1) is 14.3. The van der Waals surface area contributed by atoms with Crippen molar-refractivity contribution in [1.29, 1.82) is 10.5 Å². The molecule has 0 amide bonds. The summed E-state index contributed by atoms with van der Waals surface area (Å²) in [4.78, 5) is 5.09. The van der Waals surface area contributed by atoms with Crippen LogP contribution in [0, 0.1) is 22.7 Å². The van der Waals surface area contributed by atoms with Crippen LogP contribution >= 0.6 is 23.1 Å². The van der Waals surface area contributed by atoms with Crippen molar-refractivity contribution in [3.8, 4) is 12.1 Å². The lowest BCUT2D eigenvalue weighted by Gasteiger charge is -1.96. The zero-order valence-electron chi connectivity index (χ0n) is 11.4. The molecule has 3 nitrogen and oxygen atoms in total. The molecule has 5 heteroatoms. The third-order valence-corrected chi connectivity index (χ3v) is 4.95. The molecule has 0 unspecified atom stereocenters. The highest BCUT2D eigenvalue weighted by atomic mass is 32.2. The molecule has 104 valence electrons. The fraction of sp³-hybridized carbons (Fsp3) is 0. The Morgan fingerprint density at radius 1 is 1.09 bits per heavy atom. The summed E-state index contributed by atoms with van der Waals surface area (Å²) in [5.41, 5.74) is 2.45. The van der Waals surface area contributed by atoms with Crippen LogP contribution in [0.3, 0.4) is 0 Å². The Morgan fingerprint density at radius 2 is 1.86 bits per heavy atom. The number of fused-ring (bicyclic) bond motifs is 1. The van der Waals surface area contributed by atoms with Gasteiger partial charge in [-0.3, -0.25) is 0 Å². The average Bonchev–Trinajstić information content (AvgIpc) is 2.97. The third-order valence-electron chi connectivity index (χ3n) is 2.92. The van der Waals surface area contributed by atoms with Crippen molar-refractivity contribution >= 4 is 39.4 Å². The van der Waals surface area contributed by atoms with Gasteiger partial charge >= 0.3 is 0 Å². The molecule has 0 saturated heterocycles. The van der Waals surface area contributed by atoms with E-state index in [0.717, 1.165) is 20.1 Å². The summed E-state index contributed by atoms with van der Waals surface area (Å²) >= 11 is 2.94. The van der Waals surface area contributed by atoms with Crippen molar-refractivity contribution in [2.45, 2.75) is 4.34 Å². The average molecular weight is 319 g/mol. The lowest BCUT2D eigenvalue weighted by atomic mass is 10.1. The van der Waals surface area contributed by atoms with Gasteiger partial charge in [-0.1, -0.05) is 24.3 Å². The molecule has 3 aromatic rings. The number of hydrogen-bond donors (Lipinski definition) is 0. The van der Waals surface area contributed by atoms with Crippen LogP contribution in [0.15, 0.2) is 57.8 Å². The smallest absolute Gasteiger partial charge is 0.156 e. The van der Waals surface area contributed by atoms with E-state index in [1.165, 1.54) is 11.8 Å². The lowest BCUT2D eigenvalue weighted by molar-refractivity contribution is 1.31. The quantitative estimate of drug-likeness (QED) is 0.512. The van der Waals surface area contributed by atoms with Crippen molar-refractivity contribution in [2.24, 2.45) is 0 Å². The van der Waals surface area contributed by atoms with Crippen LogP contribution in [0.5, 0.6) is 0 Å². The zero-order valence-corrected chi connectivity index (χ0v) is 13.0. The van der Waals surface area contributed by atoms with Crippen LogP contribution < -0.4 is 0 Å². The molecule has 0 bridgehead atoms. The molecule has 0 aliphatic heterocycles. The minimum absolute atomic E-state index is 0.573. The number of allylic oxidation sites excluding steroid dienone is 1. The SMILES string of the molecule is N#C/C(=C\c1ccc(C#N)cc1)Sc1nc2ccccc2s1. The van der Waals surface area contributed by atoms with Crippen molar-refractivity contribution in [3.05, 3.63) is 64.6 Å². The van der Waals surface area contributed by atoms with E-state index in [4.69, 9.17) is 5.26 Å². The van der Waals surface area contributed by atoms with Crippen LogP contribution in [-0.2, 0) is 0 Å². The second-order valence-electron chi connectivity index (χ2n) is 4.40. The minimum Gasteiger partial charge on any atom is -0.229 e. The van der Waals surface area contributed by atoms with E-state index in [1.54, 1.807) is 29.5 Å². The third kappa shape index (κ3) is 3.17. The molecule has 0 radical (unpaired) electrons.